The molecule has 1 fully saturated rings. The van der Waals surface area contributed by atoms with Crippen LogP contribution in [0.25, 0.3) is 11.5 Å². The van der Waals surface area contributed by atoms with Gasteiger partial charge in [0.15, 0.2) is 0 Å². The third-order valence-electron chi connectivity index (χ3n) is 3.59. The molecule has 3 rings (SSSR count). The Kier molecular flexibility index (Phi) is 4.08. The molecule has 1 N–H and O–H groups in total. The summed E-state index contributed by atoms with van der Waals surface area (Å²) in [5.74, 6) is 1.26. The van der Waals surface area contributed by atoms with Gasteiger partial charge >= 0.3 is 0 Å². The Morgan fingerprint density at radius 1 is 1.30 bits per heavy atom. The summed E-state index contributed by atoms with van der Waals surface area (Å²) in [5, 5.41) is 11.7. The van der Waals surface area contributed by atoms with Crippen molar-refractivity contribution in [2.24, 2.45) is 0 Å². The molecular weight excluding hydrogens is 252 g/mol. The Balaban J connectivity index is 1.59. The summed E-state index contributed by atoms with van der Waals surface area (Å²) in [6.45, 7) is 2.85. The summed E-state index contributed by atoms with van der Waals surface area (Å²) >= 11 is 0. The second kappa shape index (κ2) is 6.15. The van der Waals surface area contributed by atoms with Gasteiger partial charge in [0.1, 0.15) is 0 Å². The normalized spacial score (nSPS) is 18.8. The highest BCUT2D eigenvalue weighted by Crippen LogP contribution is 2.17. The first-order valence-corrected chi connectivity index (χ1v) is 7.11. The number of aromatic nitrogens is 2. The lowest BCUT2D eigenvalue weighted by Crippen LogP contribution is -2.35. The predicted molar refractivity (Wildman–Crippen MR) is 77.1 cm³/mol. The molecule has 1 saturated heterocycles. The molecule has 1 unspecified atom stereocenters. The molecule has 0 saturated carbocycles. The molecule has 0 radical (unpaired) electrons. The molecule has 2 heterocycles. The molecule has 0 amide bonds. The van der Waals surface area contributed by atoms with Crippen LogP contribution in [0.4, 0.5) is 0 Å². The van der Waals surface area contributed by atoms with Gasteiger partial charge in [-0.25, -0.2) is 0 Å². The van der Waals surface area contributed by atoms with Crippen LogP contribution in [0.3, 0.4) is 0 Å². The third-order valence-corrected chi connectivity index (χ3v) is 3.59. The lowest BCUT2D eigenvalue weighted by atomic mass is 10.2. The largest absolute Gasteiger partial charge is 0.419 e. The first-order valence-electron chi connectivity index (χ1n) is 7.11. The van der Waals surface area contributed by atoms with E-state index in [-0.39, 0.29) is 0 Å². The van der Waals surface area contributed by atoms with Gasteiger partial charge in [-0.05, 0) is 38.6 Å². The van der Waals surface area contributed by atoms with Crippen LogP contribution in [0.5, 0.6) is 0 Å². The van der Waals surface area contributed by atoms with E-state index in [0.717, 1.165) is 18.7 Å². The number of rotatable bonds is 5. The number of likely N-dealkylation sites (N-methyl/N-ethyl adjacent to an activating group) is 1. The van der Waals surface area contributed by atoms with Gasteiger partial charge in [0, 0.05) is 18.2 Å². The van der Waals surface area contributed by atoms with Gasteiger partial charge in [-0.3, -0.25) is 4.90 Å². The Labute approximate surface area is 119 Å². The fraction of sp³-hybridized carbons (Fsp3) is 0.467. The maximum absolute atomic E-state index is 5.72. The molecule has 106 valence electrons. The van der Waals surface area contributed by atoms with Crippen molar-refractivity contribution in [3.63, 3.8) is 0 Å². The van der Waals surface area contributed by atoms with Gasteiger partial charge < -0.3 is 9.73 Å². The molecule has 5 nitrogen and oxygen atoms in total. The molecule has 1 atom stereocenters. The molecule has 1 aromatic heterocycles. The zero-order chi connectivity index (χ0) is 13.8. The van der Waals surface area contributed by atoms with Gasteiger partial charge in [-0.15, -0.1) is 10.2 Å². The zero-order valence-corrected chi connectivity index (χ0v) is 11.7. The Morgan fingerprint density at radius 2 is 2.15 bits per heavy atom. The average Bonchev–Trinajstić information content (AvgIpc) is 3.11. The minimum atomic E-state index is 0.591. The van der Waals surface area contributed by atoms with Crippen molar-refractivity contribution < 1.29 is 4.42 Å². The second-order valence-corrected chi connectivity index (χ2v) is 5.36. The summed E-state index contributed by atoms with van der Waals surface area (Å²) < 4.78 is 5.72. The van der Waals surface area contributed by atoms with Crippen molar-refractivity contribution in [3.8, 4) is 11.5 Å². The number of nitrogens with one attached hydrogen (secondary N) is 1. The highest BCUT2D eigenvalue weighted by Gasteiger charge is 2.17. The molecule has 20 heavy (non-hydrogen) atoms. The maximum Gasteiger partial charge on any atom is 0.247 e. The predicted octanol–water partition coefficient (Wildman–Crippen LogP) is 1.92. The number of hydrogen-bond donors (Lipinski definition) is 1. The lowest BCUT2D eigenvalue weighted by Gasteiger charge is -2.19. The van der Waals surface area contributed by atoms with Crippen LogP contribution in [0.15, 0.2) is 34.7 Å². The minimum Gasteiger partial charge on any atom is -0.419 e. The van der Waals surface area contributed by atoms with E-state index in [0.29, 0.717) is 24.4 Å². The van der Waals surface area contributed by atoms with E-state index in [1.807, 2.05) is 30.3 Å². The SMILES string of the molecule is CN(Cc1nnc(-c2ccccc2)o1)CC1CCCN1. The molecule has 1 aromatic carbocycles. The van der Waals surface area contributed by atoms with Gasteiger partial charge in [0.05, 0.1) is 6.54 Å². The van der Waals surface area contributed by atoms with Crippen LogP contribution < -0.4 is 5.32 Å². The monoisotopic (exact) mass is 272 g/mol. The molecule has 0 bridgehead atoms. The van der Waals surface area contributed by atoms with E-state index in [4.69, 9.17) is 4.42 Å². The van der Waals surface area contributed by atoms with Crippen LogP contribution in [-0.4, -0.2) is 41.3 Å². The molecule has 5 heteroatoms. The summed E-state index contributed by atoms with van der Waals surface area (Å²) in [6.07, 6.45) is 2.53. The van der Waals surface area contributed by atoms with Gasteiger partial charge in [0.25, 0.3) is 0 Å². The fourth-order valence-corrected chi connectivity index (χ4v) is 2.60. The average molecular weight is 272 g/mol. The lowest BCUT2D eigenvalue weighted by molar-refractivity contribution is 0.265. The van der Waals surface area contributed by atoms with Crippen molar-refractivity contribution >= 4 is 0 Å². The van der Waals surface area contributed by atoms with Gasteiger partial charge in [0.2, 0.25) is 11.8 Å². The third kappa shape index (κ3) is 3.23. The van der Waals surface area contributed by atoms with Gasteiger partial charge in [-0.2, -0.15) is 0 Å². The van der Waals surface area contributed by atoms with Crippen LogP contribution in [0.1, 0.15) is 18.7 Å². The maximum atomic E-state index is 5.72. The summed E-state index contributed by atoms with van der Waals surface area (Å²) in [4.78, 5) is 2.23. The number of hydrogen-bond acceptors (Lipinski definition) is 5. The minimum absolute atomic E-state index is 0.591. The van der Waals surface area contributed by atoms with Crippen LogP contribution in [-0.2, 0) is 6.54 Å². The number of benzene rings is 1. The van der Waals surface area contributed by atoms with Crippen molar-refractivity contribution in [2.45, 2.75) is 25.4 Å². The molecule has 1 aliphatic rings. The standard InChI is InChI=1S/C15H20N4O/c1-19(10-13-8-5-9-16-13)11-14-17-18-15(20-14)12-6-3-2-4-7-12/h2-4,6-7,13,16H,5,8-11H2,1H3. The van der Waals surface area contributed by atoms with E-state index < -0.39 is 0 Å². The molecule has 0 spiro atoms. The molecule has 0 aliphatic carbocycles. The van der Waals surface area contributed by atoms with Crippen molar-refractivity contribution in [1.82, 2.24) is 20.4 Å². The van der Waals surface area contributed by atoms with E-state index in [1.165, 1.54) is 12.8 Å². The Bertz CT molecular complexity index is 534. The Morgan fingerprint density at radius 3 is 2.90 bits per heavy atom. The van der Waals surface area contributed by atoms with Crippen molar-refractivity contribution in [3.05, 3.63) is 36.2 Å². The zero-order valence-electron chi connectivity index (χ0n) is 11.7. The summed E-state index contributed by atoms with van der Waals surface area (Å²) in [6, 6.07) is 10.5. The van der Waals surface area contributed by atoms with Crippen LogP contribution in [0, 0.1) is 0 Å². The highest BCUT2D eigenvalue weighted by molar-refractivity contribution is 5.51. The second-order valence-electron chi connectivity index (χ2n) is 5.36. The fourth-order valence-electron chi connectivity index (χ4n) is 2.60. The molecular formula is C15H20N4O. The quantitative estimate of drug-likeness (QED) is 0.901. The highest BCUT2D eigenvalue weighted by atomic mass is 16.4. The number of nitrogens with zero attached hydrogens (tertiary/aromatic N) is 3. The van der Waals surface area contributed by atoms with Crippen LogP contribution in [0.2, 0.25) is 0 Å². The summed E-state index contributed by atoms with van der Waals surface area (Å²) in [7, 11) is 2.09. The topological polar surface area (TPSA) is 54.2 Å². The van der Waals surface area contributed by atoms with Crippen molar-refractivity contribution in [2.75, 3.05) is 20.1 Å². The van der Waals surface area contributed by atoms with E-state index in [9.17, 15) is 0 Å². The first kappa shape index (κ1) is 13.3. The van der Waals surface area contributed by atoms with E-state index in [1.54, 1.807) is 0 Å². The smallest absolute Gasteiger partial charge is 0.247 e. The van der Waals surface area contributed by atoms with Gasteiger partial charge in [-0.1, -0.05) is 18.2 Å². The van der Waals surface area contributed by atoms with E-state index >= 15 is 0 Å². The molecule has 1 aliphatic heterocycles. The van der Waals surface area contributed by atoms with E-state index in [2.05, 4.69) is 27.5 Å². The summed E-state index contributed by atoms with van der Waals surface area (Å²) in [5.41, 5.74) is 0.964. The first-order chi connectivity index (χ1) is 9.81. The molecule has 2 aromatic rings. The van der Waals surface area contributed by atoms with Crippen LogP contribution >= 0.6 is 0 Å². The van der Waals surface area contributed by atoms with Crippen molar-refractivity contribution in [1.29, 1.82) is 0 Å². The Hall–Kier alpha value is -1.72.